The lowest BCUT2D eigenvalue weighted by atomic mass is 10.0. The molecule has 128 valence electrons. The van der Waals surface area contributed by atoms with E-state index in [9.17, 15) is 19.7 Å². The number of hydrogen-bond donors (Lipinski definition) is 1. The molecule has 2 heterocycles. The van der Waals surface area contributed by atoms with Gasteiger partial charge < -0.3 is 15.0 Å². The van der Waals surface area contributed by atoms with Crippen LogP contribution in [0.15, 0.2) is 18.2 Å². The van der Waals surface area contributed by atoms with Gasteiger partial charge in [-0.3, -0.25) is 19.7 Å². The Morgan fingerprint density at radius 2 is 2.25 bits per heavy atom. The van der Waals surface area contributed by atoms with Crippen LogP contribution in [-0.2, 0) is 20.7 Å². The maximum absolute atomic E-state index is 12.2. The summed E-state index contributed by atoms with van der Waals surface area (Å²) >= 11 is 0. The molecule has 0 aliphatic carbocycles. The molecule has 1 fully saturated rings. The number of carbonyl (C=O) groups is 2. The third-order valence-electron chi connectivity index (χ3n) is 4.33. The third kappa shape index (κ3) is 3.53. The van der Waals surface area contributed by atoms with Crippen LogP contribution in [0.3, 0.4) is 0 Å². The van der Waals surface area contributed by atoms with Gasteiger partial charge in [-0.15, -0.1) is 0 Å². The molecule has 0 aromatic heterocycles. The Labute approximate surface area is 138 Å². The molecule has 8 nitrogen and oxygen atoms in total. The number of non-ortho nitro benzene ring substituents is 1. The van der Waals surface area contributed by atoms with Crippen molar-refractivity contribution in [3.63, 3.8) is 0 Å². The molecule has 2 aliphatic rings. The zero-order valence-electron chi connectivity index (χ0n) is 13.2. The SMILES string of the molecule is O=C(CN1C(=O)CCc2cc([N+](=O)[O-])ccc21)NCC1CCCO1. The van der Waals surface area contributed by atoms with Crippen LogP contribution < -0.4 is 10.2 Å². The highest BCUT2D eigenvalue weighted by atomic mass is 16.6. The average Bonchev–Trinajstić information content (AvgIpc) is 3.08. The topological polar surface area (TPSA) is 102 Å². The third-order valence-corrected chi connectivity index (χ3v) is 4.33. The molecular weight excluding hydrogens is 314 g/mol. The number of benzene rings is 1. The summed E-state index contributed by atoms with van der Waals surface area (Å²) in [4.78, 5) is 36.1. The van der Waals surface area contributed by atoms with Gasteiger partial charge in [-0.25, -0.2) is 0 Å². The number of aryl methyl sites for hydroxylation is 1. The molecule has 24 heavy (non-hydrogen) atoms. The Kier molecular flexibility index (Phi) is 4.75. The van der Waals surface area contributed by atoms with Gasteiger partial charge in [0, 0.05) is 37.4 Å². The van der Waals surface area contributed by atoms with Crippen molar-refractivity contribution >= 4 is 23.2 Å². The number of nitrogens with zero attached hydrogens (tertiary/aromatic N) is 2. The second-order valence-electron chi connectivity index (χ2n) is 5.99. The summed E-state index contributed by atoms with van der Waals surface area (Å²) in [6, 6.07) is 4.37. The smallest absolute Gasteiger partial charge is 0.269 e. The number of amides is 2. The van der Waals surface area contributed by atoms with Crippen LogP contribution in [0.5, 0.6) is 0 Å². The minimum absolute atomic E-state index is 0.00844. The molecule has 1 atom stereocenters. The highest BCUT2D eigenvalue weighted by molar-refractivity contribution is 6.01. The van der Waals surface area contributed by atoms with E-state index in [1.807, 2.05) is 0 Å². The first-order valence-corrected chi connectivity index (χ1v) is 8.00. The Balaban J connectivity index is 1.67. The summed E-state index contributed by atoms with van der Waals surface area (Å²) in [5.74, 6) is -0.409. The van der Waals surface area contributed by atoms with Crippen LogP contribution in [0.25, 0.3) is 0 Å². The first-order valence-electron chi connectivity index (χ1n) is 8.00. The van der Waals surface area contributed by atoms with Gasteiger partial charge in [-0.05, 0) is 30.9 Å². The van der Waals surface area contributed by atoms with Crippen LogP contribution >= 0.6 is 0 Å². The molecule has 3 rings (SSSR count). The standard InChI is InChI=1S/C16H19N3O5/c20-15(17-9-13-2-1-7-24-13)10-18-14-5-4-12(19(22)23)8-11(14)3-6-16(18)21/h4-5,8,13H,1-3,6-7,9-10H2,(H,17,20). The van der Waals surface area contributed by atoms with Crippen LogP contribution in [0, 0.1) is 10.1 Å². The van der Waals surface area contributed by atoms with Crippen LogP contribution in [0.1, 0.15) is 24.8 Å². The van der Waals surface area contributed by atoms with Gasteiger partial charge >= 0.3 is 0 Å². The predicted molar refractivity (Wildman–Crippen MR) is 85.8 cm³/mol. The van der Waals surface area contributed by atoms with Crippen molar-refractivity contribution in [1.82, 2.24) is 5.32 Å². The van der Waals surface area contributed by atoms with Gasteiger partial charge in [0.25, 0.3) is 5.69 Å². The number of nitro groups is 1. The highest BCUT2D eigenvalue weighted by Gasteiger charge is 2.27. The van der Waals surface area contributed by atoms with Gasteiger partial charge in [-0.1, -0.05) is 0 Å². The molecule has 1 unspecified atom stereocenters. The van der Waals surface area contributed by atoms with E-state index in [2.05, 4.69) is 5.32 Å². The number of nitrogens with one attached hydrogen (secondary N) is 1. The zero-order valence-corrected chi connectivity index (χ0v) is 13.2. The van der Waals surface area contributed by atoms with E-state index in [1.165, 1.54) is 23.1 Å². The fraction of sp³-hybridized carbons (Fsp3) is 0.500. The van der Waals surface area contributed by atoms with E-state index in [0.717, 1.165) is 25.0 Å². The molecule has 0 spiro atoms. The molecule has 1 aromatic rings. The number of carbonyl (C=O) groups excluding carboxylic acids is 2. The monoisotopic (exact) mass is 333 g/mol. The first kappa shape index (κ1) is 16.4. The molecular formula is C16H19N3O5. The fourth-order valence-electron chi connectivity index (χ4n) is 3.07. The summed E-state index contributed by atoms with van der Waals surface area (Å²) in [6.07, 6.45) is 2.66. The Hall–Kier alpha value is -2.48. The molecule has 1 N–H and O–H groups in total. The van der Waals surface area contributed by atoms with Gasteiger partial charge in [0.2, 0.25) is 11.8 Å². The quantitative estimate of drug-likeness (QED) is 0.644. The second kappa shape index (κ2) is 6.96. The van der Waals surface area contributed by atoms with Crippen LogP contribution in [-0.4, -0.2) is 42.5 Å². The van der Waals surface area contributed by atoms with Crippen LogP contribution in [0.2, 0.25) is 0 Å². The molecule has 1 saturated heterocycles. The lowest BCUT2D eigenvalue weighted by Gasteiger charge is -2.28. The minimum Gasteiger partial charge on any atom is -0.376 e. The van der Waals surface area contributed by atoms with Crippen LogP contribution in [0.4, 0.5) is 11.4 Å². The lowest BCUT2D eigenvalue weighted by molar-refractivity contribution is -0.384. The normalized spacial score (nSPS) is 19.9. The Bertz CT molecular complexity index is 670. The number of ether oxygens (including phenoxy) is 1. The molecule has 0 radical (unpaired) electrons. The fourth-order valence-corrected chi connectivity index (χ4v) is 3.07. The summed E-state index contributed by atoms with van der Waals surface area (Å²) < 4.78 is 5.45. The van der Waals surface area contributed by atoms with Gasteiger partial charge in [0.1, 0.15) is 6.54 Å². The summed E-state index contributed by atoms with van der Waals surface area (Å²) in [7, 11) is 0. The second-order valence-corrected chi connectivity index (χ2v) is 5.99. The van der Waals surface area contributed by atoms with E-state index in [4.69, 9.17) is 4.74 Å². The van der Waals surface area contributed by atoms with Crippen molar-refractivity contribution in [3.05, 3.63) is 33.9 Å². The summed E-state index contributed by atoms with van der Waals surface area (Å²) in [6.45, 7) is 1.07. The van der Waals surface area contributed by atoms with Gasteiger partial charge in [-0.2, -0.15) is 0 Å². The lowest BCUT2D eigenvalue weighted by Crippen LogP contribution is -2.44. The molecule has 0 saturated carbocycles. The molecule has 2 aliphatic heterocycles. The molecule has 8 heteroatoms. The molecule has 2 amide bonds. The zero-order chi connectivity index (χ0) is 17.1. The summed E-state index contributed by atoms with van der Waals surface area (Å²) in [5, 5.41) is 13.7. The maximum atomic E-state index is 12.2. The number of hydrogen-bond acceptors (Lipinski definition) is 5. The Morgan fingerprint density at radius 3 is 2.96 bits per heavy atom. The van der Waals surface area contributed by atoms with Crippen molar-refractivity contribution in [2.45, 2.75) is 31.8 Å². The highest BCUT2D eigenvalue weighted by Crippen LogP contribution is 2.30. The average molecular weight is 333 g/mol. The van der Waals surface area contributed by atoms with Crippen molar-refractivity contribution in [2.75, 3.05) is 24.6 Å². The van der Waals surface area contributed by atoms with Gasteiger partial charge in [0.05, 0.1) is 11.0 Å². The number of fused-ring (bicyclic) bond motifs is 1. The van der Waals surface area contributed by atoms with Gasteiger partial charge in [0.15, 0.2) is 0 Å². The van der Waals surface area contributed by atoms with E-state index in [-0.39, 0.29) is 36.6 Å². The molecule has 1 aromatic carbocycles. The minimum atomic E-state index is -0.463. The van der Waals surface area contributed by atoms with E-state index in [0.29, 0.717) is 18.7 Å². The molecule has 0 bridgehead atoms. The largest absolute Gasteiger partial charge is 0.376 e. The maximum Gasteiger partial charge on any atom is 0.269 e. The Morgan fingerprint density at radius 1 is 1.42 bits per heavy atom. The first-order chi connectivity index (χ1) is 11.5. The van der Waals surface area contributed by atoms with Crippen molar-refractivity contribution in [1.29, 1.82) is 0 Å². The number of anilines is 1. The van der Waals surface area contributed by atoms with E-state index >= 15 is 0 Å². The van der Waals surface area contributed by atoms with E-state index < -0.39 is 4.92 Å². The van der Waals surface area contributed by atoms with Crippen molar-refractivity contribution in [2.24, 2.45) is 0 Å². The number of rotatable bonds is 5. The number of nitro benzene ring substituents is 1. The van der Waals surface area contributed by atoms with E-state index in [1.54, 1.807) is 0 Å². The summed E-state index contributed by atoms with van der Waals surface area (Å²) in [5.41, 5.74) is 1.28. The van der Waals surface area contributed by atoms with Crippen molar-refractivity contribution in [3.8, 4) is 0 Å². The predicted octanol–water partition coefficient (Wildman–Crippen LogP) is 1.17. The van der Waals surface area contributed by atoms with Crippen molar-refractivity contribution < 1.29 is 19.2 Å².